The average molecular weight is 444 g/mol. The Hall–Kier alpha value is -3.24. The molecule has 0 saturated carbocycles. The Labute approximate surface area is 180 Å². The number of aliphatic hydroxyl groups is 1. The fourth-order valence-corrected chi connectivity index (χ4v) is 4.70. The number of anilines is 1. The van der Waals surface area contributed by atoms with Gasteiger partial charge in [0.25, 0.3) is 5.91 Å². The zero-order chi connectivity index (χ0) is 21.4. The Bertz CT molecular complexity index is 1150. The highest BCUT2D eigenvalue weighted by molar-refractivity contribution is 7.15. The van der Waals surface area contributed by atoms with Gasteiger partial charge in [0.05, 0.1) is 24.7 Å². The lowest BCUT2D eigenvalue weighted by molar-refractivity contribution is -0.117. The summed E-state index contributed by atoms with van der Waals surface area (Å²) in [5.41, 5.74) is 0.448. The fourth-order valence-electron chi connectivity index (χ4n) is 3.31. The van der Waals surface area contributed by atoms with Crippen LogP contribution >= 0.6 is 22.7 Å². The van der Waals surface area contributed by atoms with Crippen LogP contribution in [0.5, 0.6) is 11.5 Å². The highest BCUT2D eigenvalue weighted by Crippen LogP contribution is 2.46. The summed E-state index contributed by atoms with van der Waals surface area (Å²) in [6, 6.07) is 7.50. The second kappa shape index (κ2) is 7.88. The number of hydrogen-bond donors (Lipinski definition) is 1. The highest BCUT2D eigenvalue weighted by atomic mass is 32.1. The molecule has 1 aliphatic heterocycles. The van der Waals surface area contributed by atoms with Gasteiger partial charge in [0.15, 0.2) is 5.76 Å². The van der Waals surface area contributed by atoms with Gasteiger partial charge in [0.2, 0.25) is 10.9 Å². The smallest absolute Gasteiger partial charge is 0.296 e. The summed E-state index contributed by atoms with van der Waals surface area (Å²) < 4.78 is 10.8. The van der Waals surface area contributed by atoms with E-state index in [1.165, 1.54) is 41.8 Å². The number of Topliss-reactive ketones (excluding diaryl/α,β-unsaturated/α-hetero) is 1. The van der Waals surface area contributed by atoms with Crippen LogP contribution in [0.3, 0.4) is 0 Å². The third kappa shape index (κ3) is 3.23. The van der Waals surface area contributed by atoms with Crippen LogP contribution in [0.4, 0.5) is 5.13 Å². The average Bonchev–Trinajstić information content (AvgIpc) is 3.48. The van der Waals surface area contributed by atoms with Crippen LogP contribution in [-0.4, -0.2) is 41.2 Å². The van der Waals surface area contributed by atoms with Gasteiger partial charge in [-0.3, -0.25) is 14.5 Å². The molecule has 3 aromatic rings. The number of thiophene rings is 1. The van der Waals surface area contributed by atoms with E-state index in [4.69, 9.17) is 9.47 Å². The van der Waals surface area contributed by atoms with E-state index in [9.17, 15) is 14.7 Å². The Morgan fingerprint density at radius 3 is 2.60 bits per heavy atom. The van der Waals surface area contributed by atoms with Crippen LogP contribution in [0.2, 0.25) is 0 Å². The van der Waals surface area contributed by atoms with Crippen molar-refractivity contribution in [1.82, 2.24) is 10.2 Å². The first-order valence-corrected chi connectivity index (χ1v) is 10.5. The molecule has 3 heterocycles. The van der Waals surface area contributed by atoms with Crippen LogP contribution in [0, 0.1) is 6.92 Å². The van der Waals surface area contributed by atoms with Gasteiger partial charge >= 0.3 is 0 Å². The molecule has 1 N–H and O–H groups in total. The summed E-state index contributed by atoms with van der Waals surface area (Å²) in [6.45, 7) is 1.76. The Kier molecular flexibility index (Phi) is 5.27. The molecule has 10 heteroatoms. The van der Waals surface area contributed by atoms with E-state index in [1.54, 1.807) is 42.6 Å². The van der Waals surface area contributed by atoms with Gasteiger partial charge in [0, 0.05) is 5.56 Å². The molecule has 8 nitrogen and oxygen atoms in total. The number of aryl methyl sites for hydroxylation is 1. The topological polar surface area (TPSA) is 102 Å². The number of benzene rings is 1. The molecule has 0 unspecified atom stereocenters. The first kappa shape index (κ1) is 20.0. The quantitative estimate of drug-likeness (QED) is 0.580. The van der Waals surface area contributed by atoms with Crippen LogP contribution in [0.1, 0.15) is 26.3 Å². The van der Waals surface area contributed by atoms with Crippen molar-refractivity contribution in [3.05, 3.63) is 62.5 Å². The maximum Gasteiger partial charge on any atom is 0.296 e. The number of ketones is 1. The maximum atomic E-state index is 13.3. The predicted molar refractivity (Wildman–Crippen MR) is 113 cm³/mol. The van der Waals surface area contributed by atoms with E-state index in [1.807, 2.05) is 0 Å². The Balaban J connectivity index is 1.95. The van der Waals surface area contributed by atoms with Crippen molar-refractivity contribution in [2.45, 2.75) is 13.0 Å². The molecule has 0 fully saturated rings. The van der Waals surface area contributed by atoms with Gasteiger partial charge in [-0.1, -0.05) is 17.4 Å². The zero-order valence-corrected chi connectivity index (χ0v) is 17.9. The number of amides is 1. The number of ether oxygens (including phenoxy) is 2. The molecule has 2 aromatic heterocycles. The maximum absolute atomic E-state index is 13.3. The van der Waals surface area contributed by atoms with Crippen LogP contribution in [0.25, 0.3) is 0 Å². The molecule has 0 saturated heterocycles. The van der Waals surface area contributed by atoms with Crippen molar-refractivity contribution in [2.24, 2.45) is 0 Å². The largest absolute Gasteiger partial charge is 0.503 e. The molecule has 0 aliphatic carbocycles. The number of nitrogens with zero attached hydrogens (tertiary/aromatic N) is 3. The van der Waals surface area contributed by atoms with Gasteiger partial charge in [-0.15, -0.1) is 21.5 Å². The predicted octanol–water partition coefficient (Wildman–Crippen LogP) is 3.71. The first-order chi connectivity index (χ1) is 14.5. The van der Waals surface area contributed by atoms with Crippen molar-refractivity contribution in [2.75, 3.05) is 19.1 Å². The second-order valence-corrected chi connectivity index (χ2v) is 8.47. The van der Waals surface area contributed by atoms with E-state index < -0.39 is 23.5 Å². The summed E-state index contributed by atoms with van der Waals surface area (Å²) in [4.78, 5) is 28.1. The van der Waals surface area contributed by atoms with Gasteiger partial charge < -0.3 is 14.6 Å². The lowest BCUT2D eigenvalue weighted by Gasteiger charge is -2.25. The summed E-state index contributed by atoms with van der Waals surface area (Å²) in [5, 5.41) is 21.5. The molecule has 1 atom stereocenters. The number of rotatable bonds is 6. The molecule has 0 bridgehead atoms. The van der Waals surface area contributed by atoms with Crippen LogP contribution in [-0.2, 0) is 4.79 Å². The molecule has 0 radical (unpaired) electrons. The lowest BCUT2D eigenvalue weighted by atomic mass is 9.94. The minimum atomic E-state index is -0.954. The van der Waals surface area contributed by atoms with E-state index in [0.717, 1.165) is 0 Å². The minimum Gasteiger partial charge on any atom is -0.503 e. The summed E-state index contributed by atoms with van der Waals surface area (Å²) >= 11 is 2.42. The van der Waals surface area contributed by atoms with Crippen molar-refractivity contribution in [3.8, 4) is 11.5 Å². The number of carbonyl (C=O) groups is 2. The van der Waals surface area contributed by atoms with Crippen molar-refractivity contribution in [3.63, 3.8) is 0 Å². The van der Waals surface area contributed by atoms with Crippen molar-refractivity contribution >= 4 is 39.5 Å². The summed E-state index contributed by atoms with van der Waals surface area (Å²) in [5.74, 6) is -0.821. The number of hydrogen-bond acceptors (Lipinski definition) is 9. The van der Waals surface area contributed by atoms with Crippen LogP contribution in [0.15, 0.2) is 47.0 Å². The molecule has 1 amide bonds. The normalized spacial score (nSPS) is 16.3. The third-order valence-electron chi connectivity index (χ3n) is 4.65. The zero-order valence-electron chi connectivity index (χ0n) is 16.3. The molecule has 30 heavy (non-hydrogen) atoms. The second-order valence-electron chi connectivity index (χ2n) is 6.36. The minimum absolute atomic E-state index is 0.0399. The molecular weight excluding hydrogens is 426 g/mol. The summed E-state index contributed by atoms with van der Waals surface area (Å²) in [7, 11) is 3.01. The van der Waals surface area contributed by atoms with E-state index >= 15 is 0 Å². The Morgan fingerprint density at radius 1 is 1.20 bits per heavy atom. The van der Waals surface area contributed by atoms with Gasteiger partial charge in [0.1, 0.15) is 22.5 Å². The van der Waals surface area contributed by atoms with E-state index in [-0.39, 0.29) is 10.7 Å². The number of aromatic nitrogens is 2. The first-order valence-electron chi connectivity index (χ1n) is 8.83. The molecule has 1 aliphatic rings. The highest BCUT2D eigenvalue weighted by Gasteiger charge is 2.47. The molecule has 1 aromatic carbocycles. The van der Waals surface area contributed by atoms with Gasteiger partial charge in [-0.2, -0.15) is 0 Å². The monoisotopic (exact) mass is 443 g/mol. The SMILES string of the molecule is COc1ccc(OC)c([C@@H]2C(C(=O)c3cccs3)=C(O)C(=O)N2c2nnc(C)s2)c1. The number of methoxy groups -OCH3 is 2. The summed E-state index contributed by atoms with van der Waals surface area (Å²) in [6.07, 6.45) is 0. The van der Waals surface area contributed by atoms with Gasteiger partial charge in [-0.05, 0) is 36.6 Å². The Morgan fingerprint density at radius 2 is 2.00 bits per heavy atom. The molecule has 154 valence electrons. The number of carbonyl (C=O) groups excluding carboxylic acids is 2. The van der Waals surface area contributed by atoms with Crippen molar-refractivity contribution < 1.29 is 24.2 Å². The lowest BCUT2D eigenvalue weighted by Crippen LogP contribution is -2.31. The van der Waals surface area contributed by atoms with E-state index in [0.29, 0.717) is 26.9 Å². The third-order valence-corrected chi connectivity index (χ3v) is 6.36. The van der Waals surface area contributed by atoms with E-state index in [2.05, 4.69) is 10.2 Å². The fraction of sp³-hybridized carbons (Fsp3) is 0.200. The standard InChI is InChI=1S/C20H17N3O5S2/c1-10-21-22-20(30-10)23-16(12-9-11(27-2)6-7-13(12)28-3)15(18(25)19(23)26)17(24)14-5-4-8-29-14/h4-9,16,25H,1-3H3/t16-/m1/s1. The molecular formula is C20H17N3O5S2. The van der Waals surface area contributed by atoms with Gasteiger partial charge in [-0.25, -0.2) is 0 Å². The molecule has 0 spiro atoms. The molecule has 4 rings (SSSR count). The van der Waals surface area contributed by atoms with Crippen LogP contribution < -0.4 is 14.4 Å². The van der Waals surface area contributed by atoms with Crippen molar-refractivity contribution in [1.29, 1.82) is 0 Å². The number of aliphatic hydroxyl groups excluding tert-OH is 1.